The molecular weight excluding hydrogens is 258 g/mol. The van der Waals surface area contributed by atoms with Crippen LogP contribution in [0.25, 0.3) is 0 Å². The summed E-state index contributed by atoms with van der Waals surface area (Å²) in [6.45, 7) is 8.56. The lowest BCUT2D eigenvalue weighted by atomic mass is 10.1. The van der Waals surface area contributed by atoms with Crippen molar-refractivity contribution in [1.82, 2.24) is 10.2 Å². The van der Waals surface area contributed by atoms with Crippen LogP contribution in [-0.2, 0) is 4.74 Å². The van der Waals surface area contributed by atoms with Gasteiger partial charge in [-0.3, -0.25) is 9.89 Å². The average molecular weight is 283 g/mol. The van der Waals surface area contributed by atoms with E-state index in [9.17, 15) is 0 Å². The molecule has 0 aromatic heterocycles. The molecule has 0 bridgehead atoms. The summed E-state index contributed by atoms with van der Waals surface area (Å²) in [5.41, 5.74) is 0. The van der Waals surface area contributed by atoms with E-state index in [1.54, 1.807) is 0 Å². The Morgan fingerprint density at radius 2 is 2.42 bits per heavy atom. The van der Waals surface area contributed by atoms with E-state index in [2.05, 4.69) is 24.1 Å². The van der Waals surface area contributed by atoms with E-state index in [1.165, 1.54) is 19.4 Å². The summed E-state index contributed by atoms with van der Waals surface area (Å²) in [5.74, 6) is 1.83. The third-order valence-corrected chi connectivity index (χ3v) is 5.46. The number of aliphatic imine (C=N–C) groups is 1. The van der Waals surface area contributed by atoms with Crippen molar-refractivity contribution in [2.75, 3.05) is 32.0 Å². The van der Waals surface area contributed by atoms with Crippen molar-refractivity contribution in [2.24, 2.45) is 10.9 Å². The molecule has 5 heteroatoms. The van der Waals surface area contributed by atoms with Gasteiger partial charge in [0.05, 0.1) is 19.3 Å². The highest BCUT2D eigenvalue weighted by atomic mass is 32.2. The van der Waals surface area contributed by atoms with Crippen LogP contribution in [-0.4, -0.2) is 60.2 Å². The first-order chi connectivity index (χ1) is 9.22. The van der Waals surface area contributed by atoms with Gasteiger partial charge in [0, 0.05) is 24.4 Å². The normalized spacial score (nSPS) is 37.8. The maximum absolute atomic E-state index is 5.94. The highest BCUT2D eigenvalue weighted by Crippen LogP contribution is 2.23. The minimum atomic E-state index is 0.294. The van der Waals surface area contributed by atoms with Gasteiger partial charge in [-0.1, -0.05) is 25.6 Å². The van der Waals surface area contributed by atoms with Gasteiger partial charge in [-0.25, -0.2) is 0 Å². The first-order valence-electron chi connectivity index (χ1n) is 7.52. The molecule has 3 aliphatic rings. The number of nitrogens with one attached hydrogen (secondary N) is 1. The molecule has 0 spiro atoms. The molecule has 0 saturated carbocycles. The highest BCUT2D eigenvalue weighted by molar-refractivity contribution is 8.14. The molecule has 3 fully saturated rings. The number of rotatable bonds is 3. The van der Waals surface area contributed by atoms with Gasteiger partial charge < -0.3 is 10.1 Å². The van der Waals surface area contributed by atoms with Crippen molar-refractivity contribution in [1.29, 1.82) is 0 Å². The van der Waals surface area contributed by atoms with E-state index in [0.717, 1.165) is 30.6 Å². The standard InChI is InChI=1S/C14H25N3OS/c1-10(2)13-9-19-14(16-13)15-6-12-7-17-5-3-4-11(17)8-18-12/h10-13H,3-9H2,1-2H3,(H,15,16). The maximum Gasteiger partial charge on any atom is 0.156 e. The Morgan fingerprint density at radius 1 is 1.53 bits per heavy atom. The molecule has 3 heterocycles. The van der Waals surface area contributed by atoms with Gasteiger partial charge in [-0.15, -0.1) is 0 Å². The van der Waals surface area contributed by atoms with Crippen LogP contribution >= 0.6 is 11.8 Å². The maximum atomic E-state index is 5.94. The Balaban J connectivity index is 1.47. The summed E-state index contributed by atoms with van der Waals surface area (Å²) in [5, 5.41) is 4.64. The van der Waals surface area contributed by atoms with Gasteiger partial charge in [-0.2, -0.15) is 0 Å². The summed E-state index contributed by atoms with van der Waals surface area (Å²) in [6.07, 6.45) is 2.94. The molecule has 4 nitrogen and oxygen atoms in total. The molecule has 0 aromatic carbocycles. The van der Waals surface area contributed by atoms with E-state index in [-0.39, 0.29) is 0 Å². The van der Waals surface area contributed by atoms with Crippen molar-refractivity contribution in [3.8, 4) is 0 Å². The lowest BCUT2D eigenvalue weighted by Gasteiger charge is -2.34. The molecule has 0 radical (unpaired) electrons. The van der Waals surface area contributed by atoms with Crippen LogP contribution < -0.4 is 5.32 Å². The lowest BCUT2D eigenvalue weighted by Crippen LogP contribution is -2.47. The van der Waals surface area contributed by atoms with Crippen molar-refractivity contribution >= 4 is 16.9 Å². The van der Waals surface area contributed by atoms with Crippen molar-refractivity contribution in [3.05, 3.63) is 0 Å². The number of ether oxygens (including phenoxy) is 1. The van der Waals surface area contributed by atoms with Gasteiger partial charge in [0.1, 0.15) is 0 Å². The molecule has 0 aliphatic carbocycles. The van der Waals surface area contributed by atoms with Crippen molar-refractivity contribution in [2.45, 2.75) is 44.9 Å². The smallest absolute Gasteiger partial charge is 0.156 e. The number of morpholine rings is 1. The van der Waals surface area contributed by atoms with Crippen LogP contribution in [0, 0.1) is 5.92 Å². The number of hydrogen-bond donors (Lipinski definition) is 1. The molecule has 3 unspecified atom stereocenters. The minimum absolute atomic E-state index is 0.294. The van der Waals surface area contributed by atoms with Gasteiger partial charge in [0.2, 0.25) is 0 Å². The molecule has 19 heavy (non-hydrogen) atoms. The molecule has 3 aliphatic heterocycles. The Labute approximate surface area is 120 Å². The van der Waals surface area contributed by atoms with E-state index >= 15 is 0 Å². The lowest BCUT2D eigenvalue weighted by molar-refractivity contribution is -0.0431. The zero-order valence-corrected chi connectivity index (χ0v) is 12.8. The predicted molar refractivity (Wildman–Crippen MR) is 80.9 cm³/mol. The summed E-state index contributed by atoms with van der Waals surface area (Å²) in [7, 11) is 0. The highest BCUT2D eigenvalue weighted by Gasteiger charge is 2.32. The van der Waals surface area contributed by atoms with E-state index in [4.69, 9.17) is 9.73 Å². The van der Waals surface area contributed by atoms with Gasteiger partial charge >= 0.3 is 0 Å². The molecule has 3 rings (SSSR count). The van der Waals surface area contributed by atoms with Crippen molar-refractivity contribution in [3.63, 3.8) is 0 Å². The number of nitrogens with zero attached hydrogens (tertiary/aromatic N) is 2. The average Bonchev–Trinajstić information content (AvgIpc) is 3.04. The first-order valence-corrected chi connectivity index (χ1v) is 8.50. The Morgan fingerprint density at radius 3 is 3.21 bits per heavy atom. The fraction of sp³-hybridized carbons (Fsp3) is 0.929. The van der Waals surface area contributed by atoms with Crippen molar-refractivity contribution < 1.29 is 4.74 Å². The van der Waals surface area contributed by atoms with Crippen LogP contribution in [0.2, 0.25) is 0 Å². The molecular formula is C14H25N3OS. The van der Waals surface area contributed by atoms with Crippen LogP contribution in [0.4, 0.5) is 0 Å². The predicted octanol–water partition coefficient (Wildman–Crippen LogP) is 1.57. The Hall–Kier alpha value is -0.260. The SMILES string of the molecule is CC(C)C1CSC(=NCC2CN3CCCC3CO2)N1. The number of fused-ring (bicyclic) bond motifs is 1. The summed E-state index contributed by atoms with van der Waals surface area (Å²) >= 11 is 1.86. The van der Waals surface area contributed by atoms with Crippen LogP contribution in [0.5, 0.6) is 0 Å². The number of hydrogen-bond acceptors (Lipinski definition) is 4. The van der Waals surface area contributed by atoms with E-state index in [1.807, 2.05) is 11.8 Å². The van der Waals surface area contributed by atoms with Crippen LogP contribution in [0.15, 0.2) is 4.99 Å². The Bertz CT molecular complexity index is 348. The van der Waals surface area contributed by atoms with Gasteiger partial charge in [0.15, 0.2) is 5.17 Å². The third kappa shape index (κ3) is 3.26. The first kappa shape index (κ1) is 13.7. The Kier molecular flexibility index (Phi) is 4.34. The largest absolute Gasteiger partial charge is 0.373 e. The fourth-order valence-corrected chi connectivity index (χ4v) is 4.25. The zero-order chi connectivity index (χ0) is 13.2. The molecule has 108 valence electrons. The summed E-state index contributed by atoms with van der Waals surface area (Å²) in [4.78, 5) is 7.29. The van der Waals surface area contributed by atoms with E-state index in [0.29, 0.717) is 24.1 Å². The van der Waals surface area contributed by atoms with E-state index < -0.39 is 0 Å². The molecule has 1 N–H and O–H groups in total. The second kappa shape index (κ2) is 6.02. The molecule has 0 aromatic rings. The summed E-state index contributed by atoms with van der Waals surface area (Å²) < 4.78 is 5.94. The number of thioether (sulfide) groups is 1. The van der Waals surface area contributed by atoms with Gasteiger partial charge in [-0.05, 0) is 25.3 Å². The van der Waals surface area contributed by atoms with Crippen LogP contribution in [0.1, 0.15) is 26.7 Å². The molecule has 3 saturated heterocycles. The molecule has 3 atom stereocenters. The zero-order valence-electron chi connectivity index (χ0n) is 12.0. The third-order valence-electron chi connectivity index (χ3n) is 4.41. The monoisotopic (exact) mass is 283 g/mol. The number of amidine groups is 1. The second-order valence-electron chi connectivity index (χ2n) is 6.20. The van der Waals surface area contributed by atoms with Crippen LogP contribution in [0.3, 0.4) is 0 Å². The fourth-order valence-electron chi connectivity index (χ4n) is 3.04. The topological polar surface area (TPSA) is 36.9 Å². The second-order valence-corrected chi connectivity index (χ2v) is 7.21. The molecule has 0 amide bonds. The summed E-state index contributed by atoms with van der Waals surface area (Å²) in [6, 6.07) is 1.27. The quantitative estimate of drug-likeness (QED) is 0.853. The minimum Gasteiger partial charge on any atom is -0.373 e. The van der Waals surface area contributed by atoms with Gasteiger partial charge in [0.25, 0.3) is 0 Å².